The van der Waals surface area contributed by atoms with Crippen LogP contribution >= 0.6 is 0 Å². The molecule has 2 aliphatic carbocycles. The smallest absolute Gasteiger partial charge is 0.270 e. The number of nitrogens with zero attached hydrogens (tertiary/aromatic N) is 4. The van der Waals surface area contributed by atoms with Crippen molar-refractivity contribution in [2.75, 3.05) is 7.11 Å². The number of benzene rings is 1. The normalized spacial score (nSPS) is 15.8. The van der Waals surface area contributed by atoms with Crippen LogP contribution in [0.25, 0.3) is 17.0 Å². The number of rotatable bonds is 8. The van der Waals surface area contributed by atoms with Gasteiger partial charge in [0.2, 0.25) is 11.8 Å². The predicted molar refractivity (Wildman–Crippen MR) is 142 cm³/mol. The van der Waals surface area contributed by atoms with Crippen molar-refractivity contribution >= 4 is 5.57 Å². The summed E-state index contributed by atoms with van der Waals surface area (Å²) in [4.78, 5) is 18.0. The second kappa shape index (κ2) is 10.4. The van der Waals surface area contributed by atoms with E-state index in [1.54, 1.807) is 25.3 Å². The molecule has 3 aromatic rings. The van der Waals surface area contributed by atoms with Crippen LogP contribution in [0, 0.1) is 6.92 Å². The Labute approximate surface area is 221 Å². The van der Waals surface area contributed by atoms with Crippen molar-refractivity contribution < 1.29 is 18.3 Å². The van der Waals surface area contributed by atoms with Crippen LogP contribution in [0.1, 0.15) is 61.5 Å². The summed E-state index contributed by atoms with van der Waals surface area (Å²) in [5.74, 6) is -1.15. The molecule has 0 unspecified atom stereocenters. The lowest BCUT2D eigenvalue weighted by Crippen LogP contribution is -2.12. The van der Waals surface area contributed by atoms with E-state index in [1.807, 2.05) is 44.2 Å². The van der Waals surface area contributed by atoms with E-state index in [4.69, 9.17) is 9.47 Å². The molecule has 0 atom stereocenters. The minimum Gasteiger partial charge on any atom is -0.480 e. The van der Waals surface area contributed by atoms with Gasteiger partial charge in [0, 0.05) is 30.2 Å². The monoisotopic (exact) mass is 516 g/mol. The van der Waals surface area contributed by atoms with Gasteiger partial charge in [0.05, 0.1) is 12.8 Å². The van der Waals surface area contributed by atoms with Crippen LogP contribution in [0.2, 0.25) is 0 Å². The second-order valence-electron chi connectivity index (χ2n) is 9.92. The van der Waals surface area contributed by atoms with Gasteiger partial charge in [-0.05, 0) is 55.9 Å². The molecule has 1 aromatic carbocycles. The van der Waals surface area contributed by atoms with E-state index in [1.165, 1.54) is 6.33 Å². The van der Waals surface area contributed by atoms with Crippen molar-refractivity contribution in [3.05, 3.63) is 88.5 Å². The van der Waals surface area contributed by atoms with Crippen LogP contribution in [0.3, 0.4) is 0 Å². The molecule has 196 valence electrons. The third-order valence-electron chi connectivity index (χ3n) is 6.59. The molecule has 0 amide bonds. The number of ether oxygens (including phenoxy) is 2. The Bertz CT molecular complexity index is 1440. The first-order valence-electron chi connectivity index (χ1n) is 12.7. The third-order valence-corrected chi connectivity index (χ3v) is 6.59. The largest absolute Gasteiger partial charge is 0.480 e. The van der Waals surface area contributed by atoms with E-state index in [0.717, 1.165) is 53.4 Å². The summed E-state index contributed by atoms with van der Waals surface area (Å²) in [6.45, 7) is 5.06. The molecule has 0 saturated heterocycles. The molecule has 1 fully saturated rings. The number of halogens is 2. The first-order chi connectivity index (χ1) is 18.2. The summed E-state index contributed by atoms with van der Waals surface area (Å²) in [6, 6.07) is 9.51. The number of aromatic nitrogens is 4. The molecular weight excluding hydrogens is 486 g/mol. The maximum absolute atomic E-state index is 14.0. The Balaban J connectivity index is 1.35. The average molecular weight is 517 g/mol. The Morgan fingerprint density at radius 3 is 2.47 bits per heavy atom. The van der Waals surface area contributed by atoms with Crippen molar-refractivity contribution in [1.82, 2.24) is 19.9 Å². The number of hydrogen-bond acceptors (Lipinski definition) is 6. The van der Waals surface area contributed by atoms with Crippen LogP contribution in [0.15, 0.2) is 66.0 Å². The molecule has 6 nitrogen and oxygen atoms in total. The van der Waals surface area contributed by atoms with Gasteiger partial charge in [-0.2, -0.15) is 4.98 Å². The Morgan fingerprint density at radius 2 is 1.79 bits per heavy atom. The second-order valence-corrected chi connectivity index (χ2v) is 9.92. The number of methoxy groups -OCH3 is 1. The molecule has 2 aromatic heterocycles. The number of aryl methyl sites for hydroxylation is 1. The lowest BCUT2D eigenvalue weighted by molar-refractivity contribution is 0.0673. The fraction of sp³-hybridized carbons (Fsp3) is 0.333. The Morgan fingerprint density at radius 1 is 1.03 bits per heavy atom. The summed E-state index contributed by atoms with van der Waals surface area (Å²) >= 11 is 0. The van der Waals surface area contributed by atoms with Crippen LogP contribution < -0.4 is 9.47 Å². The zero-order chi connectivity index (χ0) is 26.9. The summed E-state index contributed by atoms with van der Waals surface area (Å²) in [5, 5.41) is 0. The van der Waals surface area contributed by atoms with Gasteiger partial charge in [-0.3, -0.25) is 0 Å². The molecule has 38 heavy (non-hydrogen) atoms. The van der Waals surface area contributed by atoms with Crippen molar-refractivity contribution in [1.29, 1.82) is 0 Å². The van der Waals surface area contributed by atoms with Gasteiger partial charge in [0.1, 0.15) is 18.5 Å². The zero-order valence-electron chi connectivity index (χ0n) is 22.0. The quantitative estimate of drug-likeness (QED) is 0.320. The fourth-order valence-corrected chi connectivity index (χ4v) is 4.43. The standard InChI is InChI=1S/C30H30F2N4O2/c1-18-5-12-24(30(3,31)32)15-23(13-18)21-8-6-20(7-9-21)16-38-25-14-19(2)35-28(36-25)26-27(22-10-11-22)33-17-34-29(26)37-4/h6-9,12-15,17,22H,5,10-11,16H2,1-4H3. The number of allylic oxidation sites excluding steroid dienone is 6. The maximum atomic E-state index is 14.0. The van der Waals surface area contributed by atoms with Crippen LogP contribution in [0.4, 0.5) is 8.78 Å². The van der Waals surface area contributed by atoms with E-state index in [-0.39, 0.29) is 5.57 Å². The fourth-order valence-electron chi connectivity index (χ4n) is 4.43. The third kappa shape index (κ3) is 5.79. The van der Waals surface area contributed by atoms with E-state index in [9.17, 15) is 8.78 Å². The van der Waals surface area contributed by atoms with Gasteiger partial charge in [-0.15, -0.1) is 0 Å². The molecule has 1 saturated carbocycles. The van der Waals surface area contributed by atoms with Crippen molar-refractivity contribution in [2.24, 2.45) is 0 Å². The molecular formula is C30H30F2N4O2. The molecule has 0 radical (unpaired) electrons. The lowest BCUT2D eigenvalue weighted by atomic mass is 10.00. The van der Waals surface area contributed by atoms with E-state index in [2.05, 4.69) is 19.9 Å². The molecule has 0 spiro atoms. The van der Waals surface area contributed by atoms with Crippen LogP contribution in [0.5, 0.6) is 11.8 Å². The lowest BCUT2D eigenvalue weighted by Gasteiger charge is -2.13. The minimum absolute atomic E-state index is 0.0354. The minimum atomic E-state index is -2.89. The average Bonchev–Trinajstić information content (AvgIpc) is 3.74. The van der Waals surface area contributed by atoms with Gasteiger partial charge in [-0.25, -0.2) is 23.7 Å². The molecule has 0 aliphatic heterocycles. The number of alkyl halides is 2. The van der Waals surface area contributed by atoms with Gasteiger partial charge in [0.25, 0.3) is 5.92 Å². The van der Waals surface area contributed by atoms with E-state index in [0.29, 0.717) is 42.1 Å². The zero-order valence-corrected chi connectivity index (χ0v) is 22.0. The van der Waals surface area contributed by atoms with Gasteiger partial charge < -0.3 is 9.47 Å². The summed E-state index contributed by atoms with van der Waals surface area (Å²) in [6.07, 6.45) is 9.30. The highest BCUT2D eigenvalue weighted by Crippen LogP contribution is 2.45. The first kappa shape index (κ1) is 25.7. The number of hydrogen-bond donors (Lipinski definition) is 0. The van der Waals surface area contributed by atoms with Gasteiger partial charge in [-0.1, -0.05) is 42.0 Å². The molecule has 2 heterocycles. The van der Waals surface area contributed by atoms with Crippen molar-refractivity contribution in [2.45, 2.75) is 58.5 Å². The highest BCUT2D eigenvalue weighted by Gasteiger charge is 2.31. The summed E-state index contributed by atoms with van der Waals surface area (Å²) in [5.41, 5.74) is 6.00. The maximum Gasteiger partial charge on any atom is 0.270 e. The first-order valence-corrected chi connectivity index (χ1v) is 12.7. The topological polar surface area (TPSA) is 70.0 Å². The van der Waals surface area contributed by atoms with E-state index >= 15 is 0 Å². The van der Waals surface area contributed by atoms with E-state index < -0.39 is 5.92 Å². The molecule has 5 rings (SSSR count). The Hall–Kier alpha value is -3.94. The van der Waals surface area contributed by atoms with Crippen LogP contribution in [-0.2, 0) is 6.61 Å². The van der Waals surface area contributed by atoms with Gasteiger partial charge >= 0.3 is 0 Å². The predicted octanol–water partition coefficient (Wildman–Crippen LogP) is 7.02. The molecule has 0 bridgehead atoms. The summed E-state index contributed by atoms with van der Waals surface area (Å²) < 4.78 is 39.6. The van der Waals surface area contributed by atoms with Gasteiger partial charge in [0.15, 0.2) is 5.82 Å². The summed E-state index contributed by atoms with van der Waals surface area (Å²) in [7, 11) is 1.58. The highest BCUT2D eigenvalue weighted by atomic mass is 19.3. The van der Waals surface area contributed by atoms with Crippen molar-refractivity contribution in [3.63, 3.8) is 0 Å². The molecule has 0 N–H and O–H groups in total. The molecule has 8 heteroatoms. The highest BCUT2D eigenvalue weighted by molar-refractivity contribution is 5.78. The Kier molecular flexibility index (Phi) is 7.06. The van der Waals surface area contributed by atoms with Crippen molar-refractivity contribution in [3.8, 4) is 23.1 Å². The molecule has 2 aliphatic rings. The van der Waals surface area contributed by atoms with Crippen LogP contribution in [-0.4, -0.2) is 33.0 Å². The SMILES string of the molecule is COc1ncnc(C2CC2)c1-c1nc(C)cc(OCc2ccc(C3=CC(C(C)(F)F)=CCC(C)=C3)cc2)n1.